The largest absolute Gasteiger partial charge is 0.316 e. The van der Waals surface area contributed by atoms with Crippen LogP contribution in [0.4, 0.5) is 5.82 Å². The third-order valence-corrected chi connectivity index (χ3v) is 4.55. The number of nitrogens with zero attached hydrogens (tertiary/aromatic N) is 2. The fourth-order valence-corrected chi connectivity index (χ4v) is 2.63. The molecule has 1 saturated carbocycles. The van der Waals surface area contributed by atoms with E-state index in [1.165, 1.54) is 12.8 Å². The summed E-state index contributed by atoms with van der Waals surface area (Å²) in [5, 5.41) is 10.6. The molecule has 1 aromatic rings. The van der Waals surface area contributed by atoms with Gasteiger partial charge < -0.3 is 10.6 Å². The van der Waals surface area contributed by atoms with Crippen molar-refractivity contribution in [2.75, 3.05) is 18.4 Å². The normalized spacial score (nSPS) is 22.6. The second kappa shape index (κ2) is 4.96. The average Bonchev–Trinajstić information content (AvgIpc) is 3.07. The number of hydrogen-bond acceptors (Lipinski definition) is 3. The highest BCUT2D eigenvalue weighted by molar-refractivity contribution is 5.91. The Morgan fingerprint density at radius 2 is 2.16 bits per heavy atom. The fourth-order valence-electron chi connectivity index (χ4n) is 2.63. The predicted molar refractivity (Wildman–Crippen MR) is 73.8 cm³/mol. The van der Waals surface area contributed by atoms with Crippen molar-refractivity contribution in [3.63, 3.8) is 0 Å². The van der Waals surface area contributed by atoms with Crippen LogP contribution in [0.1, 0.15) is 32.7 Å². The van der Waals surface area contributed by atoms with Crippen LogP contribution in [0, 0.1) is 17.8 Å². The maximum Gasteiger partial charge on any atom is 0.228 e. The zero-order valence-electron chi connectivity index (χ0n) is 11.6. The van der Waals surface area contributed by atoms with E-state index in [1.807, 2.05) is 17.7 Å². The quantitative estimate of drug-likeness (QED) is 0.848. The average molecular weight is 262 g/mol. The minimum absolute atomic E-state index is 0.0563. The van der Waals surface area contributed by atoms with Gasteiger partial charge >= 0.3 is 0 Å². The van der Waals surface area contributed by atoms with Crippen LogP contribution in [-0.4, -0.2) is 28.8 Å². The van der Waals surface area contributed by atoms with Gasteiger partial charge in [-0.25, -0.2) is 4.68 Å². The first-order valence-corrected chi connectivity index (χ1v) is 7.22. The topological polar surface area (TPSA) is 59.0 Å². The van der Waals surface area contributed by atoms with Crippen LogP contribution >= 0.6 is 0 Å². The van der Waals surface area contributed by atoms with Gasteiger partial charge in [-0.05, 0) is 44.7 Å². The molecule has 2 fully saturated rings. The van der Waals surface area contributed by atoms with Gasteiger partial charge in [-0.1, -0.05) is 6.92 Å². The molecule has 0 aromatic carbocycles. The van der Waals surface area contributed by atoms with Crippen LogP contribution in [0.2, 0.25) is 0 Å². The highest BCUT2D eigenvalue weighted by Crippen LogP contribution is 2.40. The molecule has 104 valence electrons. The van der Waals surface area contributed by atoms with Gasteiger partial charge in [0, 0.05) is 12.0 Å². The Morgan fingerprint density at radius 1 is 1.42 bits per heavy atom. The monoisotopic (exact) mass is 262 g/mol. The number of aromatic nitrogens is 2. The van der Waals surface area contributed by atoms with E-state index < -0.39 is 0 Å². The van der Waals surface area contributed by atoms with Crippen molar-refractivity contribution in [2.45, 2.75) is 32.7 Å². The Balaban J connectivity index is 1.65. The number of amides is 1. The number of carbonyl (C=O) groups excluding carboxylic acids is 1. The number of hydrogen-bond donors (Lipinski definition) is 2. The van der Waals surface area contributed by atoms with Crippen molar-refractivity contribution in [1.29, 1.82) is 0 Å². The lowest BCUT2D eigenvalue weighted by molar-refractivity contribution is -0.121. The Bertz CT molecular complexity index is 462. The first-order chi connectivity index (χ1) is 9.16. The molecule has 2 N–H and O–H groups in total. The van der Waals surface area contributed by atoms with E-state index in [4.69, 9.17) is 0 Å². The zero-order valence-corrected chi connectivity index (χ0v) is 11.6. The van der Waals surface area contributed by atoms with Gasteiger partial charge in [0.1, 0.15) is 5.82 Å². The van der Waals surface area contributed by atoms with Crippen molar-refractivity contribution in [1.82, 2.24) is 15.1 Å². The van der Waals surface area contributed by atoms with Crippen molar-refractivity contribution >= 4 is 11.7 Å². The van der Waals surface area contributed by atoms with Crippen LogP contribution in [0.15, 0.2) is 12.3 Å². The van der Waals surface area contributed by atoms with Crippen molar-refractivity contribution in [3.05, 3.63) is 12.3 Å². The molecule has 1 aromatic heterocycles. The molecule has 5 nitrogen and oxygen atoms in total. The van der Waals surface area contributed by atoms with Gasteiger partial charge in [-0.2, -0.15) is 5.10 Å². The molecule has 2 unspecified atom stereocenters. The summed E-state index contributed by atoms with van der Waals surface area (Å²) < 4.78 is 1.96. The molecule has 0 radical (unpaired) electrons. The molecule has 1 aliphatic carbocycles. The standard InChI is InChI=1S/C14H22N4O/c1-9(12-7-15-8-12)14(19)17-13-5-6-16-18(13)10(2)11-3-4-11/h5-6,9-12,15H,3-4,7-8H2,1-2H3,(H,17,19). The van der Waals surface area contributed by atoms with E-state index in [1.54, 1.807) is 6.20 Å². The maximum atomic E-state index is 12.2. The van der Waals surface area contributed by atoms with Crippen LogP contribution in [0.3, 0.4) is 0 Å². The molecule has 5 heteroatoms. The lowest BCUT2D eigenvalue weighted by Gasteiger charge is -2.31. The first-order valence-electron chi connectivity index (χ1n) is 7.22. The molecule has 1 saturated heterocycles. The minimum Gasteiger partial charge on any atom is -0.316 e. The Labute approximate surface area is 113 Å². The van der Waals surface area contributed by atoms with Gasteiger partial charge in [-0.3, -0.25) is 4.79 Å². The smallest absolute Gasteiger partial charge is 0.228 e. The van der Waals surface area contributed by atoms with E-state index >= 15 is 0 Å². The number of anilines is 1. The highest BCUT2D eigenvalue weighted by atomic mass is 16.2. The zero-order chi connectivity index (χ0) is 13.4. The summed E-state index contributed by atoms with van der Waals surface area (Å²) in [5.41, 5.74) is 0. The summed E-state index contributed by atoms with van der Waals surface area (Å²) in [6.07, 6.45) is 4.32. The van der Waals surface area contributed by atoms with Crippen LogP contribution in [0.25, 0.3) is 0 Å². The summed E-state index contributed by atoms with van der Waals surface area (Å²) in [5.74, 6) is 2.20. The predicted octanol–water partition coefficient (Wildman–Crippen LogP) is 1.65. The van der Waals surface area contributed by atoms with Gasteiger partial charge in [-0.15, -0.1) is 0 Å². The molecule has 19 heavy (non-hydrogen) atoms. The second-order valence-electron chi connectivity index (χ2n) is 5.94. The lowest BCUT2D eigenvalue weighted by atomic mass is 9.88. The lowest BCUT2D eigenvalue weighted by Crippen LogP contribution is -2.48. The number of carbonyl (C=O) groups is 1. The third kappa shape index (κ3) is 2.52. The molecule has 0 bridgehead atoms. The first kappa shape index (κ1) is 12.7. The SMILES string of the molecule is CC(C(=O)Nc1ccnn1C(C)C1CC1)C1CNC1. The molecular formula is C14H22N4O. The third-order valence-electron chi connectivity index (χ3n) is 4.55. The Kier molecular flexibility index (Phi) is 3.31. The van der Waals surface area contributed by atoms with Crippen molar-refractivity contribution < 1.29 is 4.79 Å². The second-order valence-corrected chi connectivity index (χ2v) is 5.94. The summed E-state index contributed by atoms with van der Waals surface area (Å²) in [6, 6.07) is 2.27. The molecule has 2 aliphatic rings. The van der Waals surface area contributed by atoms with Gasteiger partial charge in [0.2, 0.25) is 5.91 Å². The van der Waals surface area contributed by atoms with E-state index in [2.05, 4.69) is 22.7 Å². The maximum absolute atomic E-state index is 12.2. The Hall–Kier alpha value is -1.36. The van der Waals surface area contributed by atoms with E-state index in [0.717, 1.165) is 24.8 Å². The molecule has 1 aliphatic heterocycles. The number of nitrogens with one attached hydrogen (secondary N) is 2. The van der Waals surface area contributed by atoms with Crippen molar-refractivity contribution in [3.8, 4) is 0 Å². The summed E-state index contributed by atoms with van der Waals surface area (Å²) in [7, 11) is 0. The van der Waals surface area contributed by atoms with Crippen LogP contribution < -0.4 is 10.6 Å². The summed E-state index contributed by atoms with van der Waals surface area (Å²) in [6.45, 7) is 6.09. The molecule has 2 heterocycles. The van der Waals surface area contributed by atoms with E-state index in [-0.39, 0.29) is 11.8 Å². The Morgan fingerprint density at radius 3 is 2.74 bits per heavy atom. The van der Waals surface area contributed by atoms with Gasteiger partial charge in [0.05, 0.1) is 12.2 Å². The molecule has 2 atom stereocenters. The molecular weight excluding hydrogens is 240 g/mol. The van der Waals surface area contributed by atoms with E-state index in [0.29, 0.717) is 12.0 Å². The molecule has 3 rings (SSSR count). The van der Waals surface area contributed by atoms with Gasteiger partial charge in [0.15, 0.2) is 0 Å². The van der Waals surface area contributed by atoms with Crippen LogP contribution in [0.5, 0.6) is 0 Å². The molecule has 1 amide bonds. The van der Waals surface area contributed by atoms with Crippen molar-refractivity contribution in [2.24, 2.45) is 17.8 Å². The minimum atomic E-state index is 0.0563. The summed E-state index contributed by atoms with van der Waals surface area (Å²) in [4.78, 5) is 12.2. The highest BCUT2D eigenvalue weighted by Gasteiger charge is 2.32. The fraction of sp³-hybridized carbons (Fsp3) is 0.714. The van der Waals surface area contributed by atoms with E-state index in [9.17, 15) is 4.79 Å². The molecule has 0 spiro atoms. The summed E-state index contributed by atoms with van der Waals surface area (Å²) >= 11 is 0. The van der Waals surface area contributed by atoms with Gasteiger partial charge in [0.25, 0.3) is 0 Å². The van der Waals surface area contributed by atoms with Crippen LogP contribution in [-0.2, 0) is 4.79 Å². The number of rotatable bonds is 5.